The van der Waals surface area contributed by atoms with Crippen molar-refractivity contribution in [1.82, 2.24) is 0 Å². The van der Waals surface area contributed by atoms with Gasteiger partial charge >= 0.3 is 0 Å². The summed E-state index contributed by atoms with van der Waals surface area (Å²) in [6.45, 7) is 6.34. The highest BCUT2D eigenvalue weighted by atomic mass is 32.2. The number of rotatable bonds is 5. The molecular formula is C16H26N2O2S. The van der Waals surface area contributed by atoms with Crippen molar-refractivity contribution in [3.8, 4) is 0 Å². The van der Waals surface area contributed by atoms with Crippen molar-refractivity contribution in [2.75, 3.05) is 42.2 Å². The Bertz CT molecular complexity index is 569. The van der Waals surface area contributed by atoms with E-state index in [4.69, 9.17) is 0 Å². The summed E-state index contributed by atoms with van der Waals surface area (Å²) in [5.41, 5.74) is 2.46. The normalized spacial score (nSPS) is 16.0. The number of benzene rings is 1. The summed E-state index contributed by atoms with van der Waals surface area (Å²) in [5.74, 6) is 0.277. The number of hydrogen-bond acceptors (Lipinski definition) is 4. The van der Waals surface area contributed by atoms with Crippen LogP contribution in [0.25, 0.3) is 0 Å². The maximum absolute atomic E-state index is 11.9. The number of hydrogen-bond donors (Lipinski definition) is 0. The number of fused-ring (bicyclic) bond motifs is 1. The molecule has 1 heterocycles. The van der Waals surface area contributed by atoms with Crippen LogP contribution in [0.4, 0.5) is 11.4 Å². The van der Waals surface area contributed by atoms with Crippen LogP contribution in [0.1, 0.15) is 26.7 Å². The van der Waals surface area contributed by atoms with Gasteiger partial charge in [-0.3, -0.25) is 0 Å². The van der Waals surface area contributed by atoms with Crippen LogP contribution in [0.3, 0.4) is 0 Å². The van der Waals surface area contributed by atoms with Crippen LogP contribution in [0.15, 0.2) is 24.3 Å². The molecule has 0 aliphatic carbocycles. The van der Waals surface area contributed by atoms with Gasteiger partial charge in [-0.2, -0.15) is 0 Å². The predicted octanol–water partition coefficient (Wildman–Crippen LogP) is 2.55. The van der Waals surface area contributed by atoms with E-state index in [0.29, 0.717) is 6.42 Å². The standard InChI is InChI=1S/C16H26N2O2S/c1-14(2)21(19,20)13-7-12-18-11-6-10-17(3)15-8-4-5-9-16(15)18/h4-5,8-9,14H,6-7,10-13H2,1-3H3. The number of sulfone groups is 1. The van der Waals surface area contributed by atoms with Gasteiger partial charge in [0.2, 0.25) is 0 Å². The highest BCUT2D eigenvalue weighted by Gasteiger charge is 2.20. The largest absolute Gasteiger partial charge is 0.373 e. The molecule has 0 radical (unpaired) electrons. The highest BCUT2D eigenvalue weighted by molar-refractivity contribution is 7.91. The average Bonchev–Trinajstić information content (AvgIpc) is 2.59. The van der Waals surface area contributed by atoms with E-state index >= 15 is 0 Å². The third-order valence-electron chi connectivity index (χ3n) is 4.13. The molecule has 0 fully saturated rings. The molecule has 0 atom stereocenters. The first kappa shape index (κ1) is 16.1. The van der Waals surface area contributed by atoms with E-state index in [0.717, 1.165) is 26.1 Å². The predicted molar refractivity (Wildman–Crippen MR) is 90.1 cm³/mol. The minimum atomic E-state index is -2.93. The average molecular weight is 310 g/mol. The van der Waals surface area contributed by atoms with Crippen molar-refractivity contribution in [1.29, 1.82) is 0 Å². The molecule has 0 amide bonds. The summed E-state index contributed by atoms with van der Waals surface area (Å²) < 4.78 is 23.8. The zero-order valence-corrected chi connectivity index (χ0v) is 14.1. The Morgan fingerprint density at radius 2 is 1.81 bits per heavy atom. The lowest BCUT2D eigenvalue weighted by Gasteiger charge is -2.26. The van der Waals surface area contributed by atoms with Crippen LogP contribution in [-0.2, 0) is 9.84 Å². The van der Waals surface area contributed by atoms with Gasteiger partial charge in [0, 0.05) is 26.7 Å². The zero-order chi connectivity index (χ0) is 15.5. The first-order valence-corrected chi connectivity index (χ1v) is 9.40. The molecule has 1 aliphatic heterocycles. The van der Waals surface area contributed by atoms with Gasteiger partial charge in [-0.1, -0.05) is 12.1 Å². The molecule has 21 heavy (non-hydrogen) atoms. The SMILES string of the molecule is CC(C)S(=O)(=O)CCCN1CCCN(C)c2ccccc21. The molecule has 2 rings (SSSR count). The Balaban J connectivity index is 2.05. The van der Waals surface area contributed by atoms with Gasteiger partial charge in [0.1, 0.15) is 0 Å². The monoisotopic (exact) mass is 310 g/mol. The van der Waals surface area contributed by atoms with Crippen molar-refractivity contribution in [2.45, 2.75) is 31.9 Å². The molecular weight excluding hydrogens is 284 g/mol. The van der Waals surface area contributed by atoms with E-state index < -0.39 is 9.84 Å². The lowest BCUT2D eigenvalue weighted by atomic mass is 10.2. The molecule has 1 aromatic carbocycles. The van der Waals surface area contributed by atoms with E-state index in [-0.39, 0.29) is 11.0 Å². The van der Waals surface area contributed by atoms with Crippen LogP contribution in [0.5, 0.6) is 0 Å². The fourth-order valence-electron chi connectivity index (χ4n) is 2.72. The maximum Gasteiger partial charge on any atom is 0.152 e. The second kappa shape index (κ2) is 6.69. The Kier molecular flexibility index (Phi) is 5.14. The van der Waals surface area contributed by atoms with E-state index in [1.54, 1.807) is 13.8 Å². The van der Waals surface area contributed by atoms with Crippen molar-refractivity contribution >= 4 is 21.2 Å². The van der Waals surface area contributed by atoms with Crippen LogP contribution in [-0.4, -0.2) is 46.1 Å². The van der Waals surface area contributed by atoms with Crippen LogP contribution in [0.2, 0.25) is 0 Å². The Morgan fingerprint density at radius 3 is 2.48 bits per heavy atom. The molecule has 0 bridgehead atoms. The highest BCUT2D eigenvalue weighted by Crippen LogP contribution is 2.31. The number of para-hydroxylation sites is 2. The summed E-state index contributed by atoms with van der Waals surface area (Å²) in [4.78, 5) is 4.61. The van der Waals surface area contributed by atoms with Crippen molar-refractivity contribution in [3.05, 3.63) is 24.3 Å². The lowest BCUT2D eigenvalue weighted by Crippen LogP contribution is -2.28. The molecule has 5 heteroatoms. The lowest BCUT2D eigenvalue weighted by molar-refractivity contribution is 0.583. The summed E-state index contributed by atoms with van der Waals surface area (Å²) in [5, 5.41) is -0.278. The second-order valence-electron chi connectivity index (χ2n) is 6.02. The molecule has 1 aromatic rings. The number of nitrogens with zero attached hydrogens (tertiary/aromatic N) is 2. The second-order valence-corrected chi connectivity index (χ2v) is 8.70. The van der Waals surface area contributed by atoms with E-state index in [1.807, 2.05) is 0 Å². The van der Waals surface area contributed by atoms with E-state index in [9.17, 15) is 8.42 Å². The maximum atomic E-state index is 11.9. The van der Waals surface area contributed by atoms with Crippen LogP contribution >= 0.6 is 0 Å². The third kappa shape index (κ3) is 3.90. The molecule has 0 spiro atoms. The fraction of sp³-hybridized carbons (Fsp3) is 0.625. The van der Waals surface area contributed by atoms with Gasteiger partial charge in [-0.05, 0) is 38.8 Å². The minimum absolute atomic E-state index is 0.277. The topological polar surface area (TPSA) is 40.6 Å². The first-order chi connectivity index (χ1) is 9.92. The van der Waals surface area contributed by atoms with Crippen molar-refractivity contribution in [2.24, 2.45) is 0 Å². The fourth-order valence-corrected chi connectivity index (χ4v) is 3.72. The van der Waals surface area contributed by atoms with Gasteiger partial charge in [-0.15, -0.1) is 0 Å². The molecule has 0 saturated heterocycles. The van der Waals surface area contributed by atoms with Gasteiger partial charge in [0.25, 0.3) is 0 Å². The van der Waals surface area contributed by atoms with Crippen molar-refractivity contribution < 1.29 is 8.42 Å². The molecule has 0 saturated carbocycles. The van der Waals surface area contributed by atoms with Crippen LogP contribution < -0.4 is 9.80 Å². The Labute approximate surface area is 128 Å². The minimum Gasteiger partial charge on any atom is -0.373 e. The van der Waals surface area contributed by atoms with Gasteiger partial charge in [-0.25, -0.2) is 8.42 Å². The molecule has 1 aliphatic rings. The van der Waals surface area contributed by atoms with Gasteiger partial charge in [0.15, 0.2) is 9.84 Å². The molecule has 0 unspecified atom stereocenters. The zero-order valence-electron chi connectivity index (χ0n) is 13.2. The van der Waals surface area contributed by atoms with Gasteiger partial charge in [0.05, 0.1) is 22.4 Å². The smallest absolute Gasteiger partial charge is 0.152 e. The van der Waals surface area contributed by atoms with Crippen LogP contribution in [0, 0.1) is 0 Å². The summed E-state index contributed by atoms with van der Waals surface area (Å²) in [6.07, 6.45) is 1.79. The Hall–Kier alpha value is -1.23. The molecule has 4 nitrogen and oxygen atoms in total. The third-order valence-corrected chi connectivity index (χ3v) is 6.42. The summed E-state index contributed by atoms with van der Waals surface area (Å²) in [7, 11) is -0.817. The quantitative estimate of drug-likeness (QED) is 0.838. The molecule has 0 N–H and O–H groups in total. The summed E-state index contributed by atoms with van der Waals surface area (Å²) in [6, 6.07) is 8.38. The van der Waals surface area contributed by atoms with Gasteiger partial charge < -0.3 is 9.80 Å². The summed E-state index contributed by atoms with van der Waals surface area (Å²) >= 11 is 0. The van der Waals surface area contributed by atoms with E-state index in [1.165, 1.54) is 11.4 Å². The Morgan fingerprint density at radius 1 is 1.14 bits per heavy atom. The molecule has 0 aromatic heterocycles. The molecule has 118 valence electrons. The number of anilines is 2. The van der Waals surface area contributed by atoms with Crippen molar-refractivity contribution in [3.63, 3.8) is 0 Å². The van der Waals surface area contributed by atoms with E-state index in [2.05, 4.69) is 41.1 Å². The first-order valence-electron chi connectivity index (χ1n) is 7.68.